The van der Waals surface area contributed by atoms with E-state index in [9.17, 15) is 19.2 Å². The van der Waals surface area contributed by atoms with Crippen LogP contribution in [0.4, 0.5) is 0 Å². The van der Waals surface area contributed by atoms with Crippen LogP contribution in [-0.2, 0) is 4.79 Å². The predicted octanol–water partition coefficient (Wildman–Crippen LogP) is 11.8. The molecule has 2 bridgehead atoms. The van der Waals surface area contributed by atoms with Gasteiger partial charge in [0.1, 0.15) is 11.5 Å². The Labute approximate surface area is 351 Å². The molecular weight excluding hydrogens is 737 g/mol. The fourth-order valence-corrected chi connectivity index (χ4v) is 9.04. The highest BCUT2D eigenvalue weighted by Crippen LogP contribution is 2.49. The molecule has 59 heavy (non-hydrogen) atoms. The molecule has 0 aromatic heterocycles. The van der Waals surface area contributed by atoms with Gasteiger partial charge in [-0.25, -0.2) is 0 Å². The molecule has 0 saturated heterocycles. The molecule has 0 radical (unpaired) electrons. The molecule has 8 heteroatoms. The zero-order valence-electron chi connectivity index (χ0n) is 36.6. The van der Waals surface area contributed by atoms with E-state index in [1.54, 1.807) is 6.07 Å². The number of hydrogen-bond donors (Lipinski definition) is 0. The fourth-order valence-electron chi connectivity index (χ4n) is 9.04. The summed E-state index contributed by atoms with van der Waals surface area (Å²) in [5.41, 5.74) is 2.05. The van der Waals surface area contributed by atoms with Gasteiger partial charge in [-0.15, -0.1) is 0 Å². The summed E-state index contributed by atoms with van der Waals surface area (Å²) in [6.45, 7) is 19.2. The number of imide groups is 2. The van der Waals surface area contributed by atoms with Gasteiger partial charge < -0.3 is 9.47 Å². The molecule has 316 valence electrons. The molecule has 2 aliphatic heterocycles. The summed E-state index contributed by atoms with van der Waals surface area (Å²) >= 11 is 0. The van der Waals surface area contributed by atoms with Gasteiger partial charge in [0.25, 0.3) is 17.7 Å². The van der Waals surface area contributed by atoms with Crippen molar-refractivity contribution < 1.29 is 28.7 Å². The van der Waals surface area contributed by atoms with Gasteiger partial charge >= 0.3 is 0 Å². The highest BCUT2D eigenvalue weighted by Gasteiger charge is 2.36. The molecule has 0 spiro atoms. The van der Waals surface area contributed by atoms with E-state index in [0.717, 1.165) is 122 Å². The SMILES string of the molecule is C=c1c2cc(OCC(CC)CCCC)c3c1c(c1ccc4c5c(cc(OCC(CC)CCCC)c3c15)C(=O)N(CCCCC)C4=O)/C=C\CC(=O)N(CCCCC)C2=O. The average molecular weight is 803 g/mol. The van der Waals surface area contributed by atoms with Crippen LogP contribution in [0.3, 0.4) is 0 Å². The maximum Gasteiger partial charge on any atom is 0.261 e. The Bertz CT molecular complexity index is 2270. The van der Waals surface area contributed by atoms with Gasteiger partial charge in [-0.05, 0) is 71.9 Å². The zero-order valence-corrected chi connectivity index (χ0v) is 36.6. The highest BCUT2D eigenvalue weighted by atomic mass is 16.5. The lowest BCUT2D eigenvalue weighted by molar-refractivity contribution is -0.127. The first-order valence-electron chi connectivity index (χ1n) is 22.8. The highest BCUT2D eigenvalue weighted by molar-refractivity contribution is 6.36. The molecule has 0 saturated carbocycles. The summed E-state index contributed by atoms with van der Waals surface area (Å²) in [4.78, 5) is 60.2. The maximum absolute atomic E-state index is 14.7. The molecule has 2 atom stereocenters. The van der Waals surface area contributed by atoms with Crippen LogP contribution in [0.15, 0.2) is 30.3 Å². The summed E-state index contributed by atoms with van der Waals surface area (Å²) in [6, 6.07) is 7.46. The molecule has 6 rings (SSSR count). The number of carbonyl (C=O) groups excluding carboxylic acids is 4. The van der Waals surface area contributed by atoms with E-state index in [0.29, 0.717) is 76.9 Å². The standard InChI is InChI=1S/C51H66N2O6/c1-8-14-18-27-52-43(54)24-20-23-36-37-25-26-38-45-40(51(57)53(49(38)55)28-19-15-9-2)30-42(59-32-35(13-6)22-17-11-4)48(46(37)45)47-41(58-31-34(12-5)21-16-10-3)29-39(50(52)56)33(7)44(36)47/h20,23,25-26,29-30,34-35H,7-19,21-22,24,27-28,31-32H2,1-6H3/b23-20-. The fraction of sp³-hybridized carbons (Fsp3) is 0.529. The molecule has 4 aromatic rings. The van der Waals surface area contributed by atoms with Crippen LogP contribution < -0.4 is 14.7 Å². The average Bonchev–Trinajstić information content (AvgIpc) is 3.24. The van der Waals surface area contributed by atoms with Crippen molar-refractivity contribution in [3.8, 4) is 11.5 Å². The quantitative estimate of drug-likeness (QED) is 0.0340. The molecular formula is C51H66N2O6. The number of fused-ring (bicyclic) bond motifs is 3. The summed E-state index contributed by atoms with van der Waals surface area (Å²) in [6.07, 6.45) is 17.4. The number of benzene rings is 4. The maximum atomic E-state index is 14.7. The lowest BCUT2D eigenvalue weighted by Crippen LogP contribution is -2.41. The van der Waals surface area contributed by atoms with E-state index in [1.165, 1.54) is 9.80 Å². The third-order valence-corrected chi connectivity index (χ3v) is 12.8. The second kappa shape index (κ2) is 20.0. The van der Waals surface area contributed by atoms with Crippen LogP contribution >= 0.6 is 0 Å². The topological polar surface area (TPSA) is 93.2 Å². The van der Waals surface area contributed by atoms with Crippen molar-refractivity contribution in [3.05, 3.63) is 57.8 Å². The Hall–Kier alpha value is -4.72. The number of rotatable bonds is 22. The molecule has 2 unspecified atom stereocenters. The van der Waals surface area contributed by atoms with Crippen LogP contribution in [-0.4, -0.2) is 59.7 Å². The minimum absolute atomic E-state index is 0.0504. The van der Waals surface area contributed by atoms with Crippen molar-refractivity contribution in [2.45, 2.75) is 138 Å². The monoisotopic (exact) mass is 802 g/mol. The van der Waals surface area contributed by atoms with Crippen LogP contribution in [0.25, 0.3) is 45.0 Å². The van der Waals surface area contributed by atoms with Crippen LogP contribution in [0.1, 0.15) is 174 Å². The minimum Gasteiger partial charge on any atom is -0.493 e. The molecule has 4 amide bonds. The van der Waals surface area contributed by atoms with Gasteiger partial charge in [0.2, 0.25) is 5.91 Å². The van der Waals surface area contributed by atoms with Gasteiger partial charge in [0.05, 0.1) is 24.3 Å². The van der Waals surface area contributed by atoms with Crippen LogP contribution in [0, 0.1) is 11.8 Å². The van der Waals surface area contributed by atoms with Crippen molar-refractivity contribution >= 4 is 68.6 Å². The number of amides is 4. The van der Waals surface area contributed by atoms with Crippen molar-refractivity contribution in [2.75, 3.05) is 26.3 Å². The number of ether oxygens (including phenoxy) is 2. The molecule has 0 aliphatic carbocycles. The van der Waals surface area contributed by atoms with Crippen LogP contribution in [0.2, 0.25) is 0 Å². The smallest absolute Gasteiger partial charge is 0.261 e. The van der Waals surface area contributed by atoms with E-state index >= 15 is 0 Å². The number of unbranched alkanes of at least 4 members (excludes halogenated alkanes) is 6. The Morgan fingerprint density at radius 1 is 0.593 bits per heavy atom. The van der Waals surface area contributed by atoms with Gasteiger partial charge in [-0.2, -0.15) is 0 Å². The first kappa shape index (κ1) is 43.8. The predicted molar refractivity (Wildman–Crippen MR) is 241 cm³/mol. The summed E-state index contributed by atoms with van der Waals surface area (Å²) in [5, 5.41) is 4.93. The van der Waals surface area contributed by atoms with E-state index in [1.807, 2.05) is 30.4 Å². The first-order valence-corrected chi connectivity index (χ1v) is 22.8. The first-order chi connectivity index (χ1) is 28.6. The Morgan fingerprint density at radius 3 is 1.69 bits per heavy atom. The Morgan fingerprint density at radius 2 is 1.12 bits per heavy atom. The molecule has 2 heterocycles. The third kappa shape index (κ3) is 8.79. The summed E-state index contributed by atoms with van der Waals surface area (Å²) < 4.78 is 13.9. The molecule has 2 aliphatic rings. The second-order valence-electron chi connectivity index (χ2n) is 16.9. The number of carbonyl (C=O) groups is 4. The van der Waals surface area contributed by atoms with E-state index in [4.69, 9.17) is 9.47 Å². The van der Waals surface area contributed by atoms with E-state index < -0.39 is 0 Å². The van der Waals surface area contributed by atoms with Crippen molar-refractivity contribution in [3.63, 3.8) is 0 Å². The molecule has 0 N–H and O–H groups in total. The molecule has 8 nitrogen and oxygen atoms in total. The summed E-state index contributed by atoms with van der Waals surface area (Å²) in [5.74, 6) is 0.445. The van der Waals surface area contributed by atoms with E-state index in [2.05, 4.69) is 48.1 Å². The zero-order chi connectivity index (χ0) is 42.2. The van der Waals surface area contributed by atoms with Crippen molar-refractivity contribution in [1.82, 2.24) is 9.80 Å². The number of hydrogen-bond acceptors (Lipinski definition) is 6. The molecule has 0 fully saturated rings. The number of nitrogens with zero attached hydrogens (tertiary/aromatic N) is 2. The lowest BCUT2D eigenvalue weighted by Gasteiger charge is -2.30. The third-order valence-electron chi connectivity index (χ3n) is 12.8. The van der Waals surface area contributed by atoms with E-state index in [-0.39, 0.29) is 30.0 Å². The van der Waals surface area contributed by atoms with Gasteiger partial charge in [0, 0.05) is 52.0 Å². The van der Waals surface area contributed by atoms with Gasteiger partial charge in [0.15, 0.2) is 0 Å². The van der Waals surface area contributed by atoms with Crippen molar-refractivity contribution in [2.24, 2.45) is 11.8 Å². The second-order valence-corrected chi connectivity index (χ2v) is 16.9. The normalized spacial score (nSPS) is 15.9. The van der Waals surface area contributed by atoms with Crippen LogP contribution in [0.5, 0.6) is 11.5 Å². The Balaban J connectivity index is 1.72. The Kier molecular flexibility index (Phi) is 14.9. The van der Waals surface area contributed by atoms with Gasteiger partial charge in [-0.3, -0.25) is 29.0 Å². The minimum atomic E-state index is -0.370. The van der Waals surface area contributed by atoms with Crippen molar-refractivity contribution in [1.29, 1.82) is 0 Å². The lowest BCUT2D eigenvalue weighted by atomic mass is 9.83. The molecule has 4 aromatic carbocycles. The summed E-state index contributed by atoms with van der Waals surface area (Å²) in [7, 11) is 0. The van der Waals surface area contributed by atoms with Gasteiger partial charge in [-0.1, -0.05) is 131 Å². The largest absolute Gasteiger partial charge is 0.493 e.